The van der Waals surface area contributed by atoms with Crippen LogP contribution in [-0.4, -0.2) is 193 Å². The van der Waals surface area contributed by atoms with Crippen molar-refractivity contribution >= 4 is 28.6 Å². The molecule has 0 radical (unpaired) electrons. The summed E-state index contributed by atoms with van der Waals surface area (Å²) in [5, 5.41) is 35.0. The molecule has 11 aliphatic rings. The van der Waals surface area contributed by atoms with Gasteiger partial charge < -0.3 is 72.7 Å². The van der Waals surface area contributed by atoms with E-state index in [1.54, 1.807) is 0 Å². The van der Waals surface area contributed by atoms with Crippen molar-refractivity contribution in [2.24, 2.45) is 11.8 Å². The van der Waals surface area contributed by atoms with Gasteiger partial charge in [0.15, 0.2) is 0 Å². The van der Waals surface area contributed by atoms with Crippen LogP contribution in [0.2, 0.25) is 0 Å². The Morgan fingerprint density at radius 2 is 1.36 bits per heavy atom. The maximum atomic E-state index is 13.5. The highest BCUT2D eigenvalue weighted by atomic mass is 32.2. The molecule has 0 saturated carbocycles. The number of esters is 1. The summed E-state index contributed by atoms with van der Waals surface area (Å²) in [6.45, 7) is 16.7. The first kappa shape index (κ1) is 68.0. The van der Waals surface area contributed by atoms with Gasteiger partial charge in [-0.15, -0.1) is 0 Å². The van der Waals surface area contributed by atoms with Gasteiger partial charge in [0.2, 0.25) is 5.91 Å². The molecule has 9 fully saturated rings. The Hall–Kier alpha value is -2.44. The first-order valence-electron chi connectivity index (χ1n) is 34.9. The third-order valence-electron chi connectivity index (χ3n) is 22.9. The molecule has 20 heteroatoms. The predicted molar refractivity (Wildman–Crippen MR) is 331 cm³/mol. The van der Waals surface area contributed by atoms with Gasteiger partial charge in [-0.05, 0) is 97.5 Å². The molecule has 0 aromatic carbocycles. The number of hydrogen-bond donors (Lipinski definition) is 4. The number of nitrogens with one attached hydrogen (secondary N) is 1. The number of rotatable bonds is 23. The molecule has 11 rings (SSSR count). The number of fused-ring (bicyclic) bond motifs is 10. The Morgan fingerprint density at radius 3 is 2.08 bits per heavy atom. The molecule has 9 saturated heterocycles. The van der Waals surface area contributed by atoms with Crippen molar-refractivity contribution in [3.05, 3.63) is 23.8 Å². The number of aliphatic hydroxyl groups is 2. The van der Waals surface area contributed by atoms with Crippen LogP contribution in [0, 0.1) is 11.8 Å². The summed E-state index contributed by atoms with van der Waals surface area (Å²) >= 11 is 0. The van der Waals surface area contributed by atoms with Crippen LogP contribution in [0.5, 0.6) is 0 Å². The van der Waals surface area contributed by atoms with Crippen LogP contribution in [0.15, 0.2) is 23.8 Å². The molecule has 0 bridgehead atoms. The Bertz CT molecular complexity index is 2540. The lowest BCUT2D eigenvalue weighted by atomic mass is 9.72. The van der Waals surface area contributed by atoms with Crippen molar-refractivity contribution < 1.29 is 86.0 Å². The van der Waals surface area contributed by atoms with Crippen LogP contribution in [0.1, 0.15) is 222 Å². The lowest BCUT2D eigenvalue weighted by Crippen LogP contribution is -2.70. The van der Waals surface area contributed by atoms with E-state index in [0.29, 0.717) is 57.8 Å². The van der Waals surface area contributed by atoms with E-state index >= 15 is 0 Å². The fourth-order valence-corrected chi connectivity index (χ4v) is 19.0. The van der Waals surface area contributed by atoms with Gasteiger partial charge >= 0.3 is 11.9 Å². The molecule has 1 amide bonds. The summed E-state index contributed by atoms with van der Waals surface area (Å²) in [6, 6.07) is -1.30. The summed E-state index contributed by atoms with van der Waals surface area (Å²) in [4.78, 5) is 37.4. The molecule has 11 heterocycles. The number of carboxylic acid groups (broad SMARTS) is 1. The number of hydrogen-bond acceptors (Lipinski definition) is 17. The van der Waals surface area contributed by atoms with Crippen LogP contribution in [0.4, 0.5) is 0 Å². The molecule has 0 aromatic heterocycles. The highest BCUT2D eigenvalue weighted by Crippen LogP contribution is 2.55. The van der Waals surface area contributed by atoms with Crippen LogP contribution < -0.4 is 5.32 Å². The Balaban J connectivity index is 0.651. The normalized spacial score (nSPS) is 45.4. The number of carboxylic acids is 1. The zero-order valence-electron chi connectivity index (χ0n) is 54.7. The molecule has 0 spiro atoms. The van der Waals surface area contributed by atoms with Gasteiger partial charge in [0, 0.05) is 80.6 Å². The molecule has 0 aliphatic carbocycles. The lowest BCUT2D eigenvalue weighted by Gasteiger charge is -2.60. The number of amides is 1. The van der Waals surface area contributed by atoms with E-state index in [4.69, 9.17) is 52.1 Å². The molecule has 0 aromatic rings. The summed E-state index contributed by atoms with van der Waals surface area (Å²) < 4.78 is 90.0. The second kappa shape index (κ2) is 28.5. The summed E-state index contributed by atoms with van der Waals surface area (Å²) in [7, 11) is -1.67. The quantitative estimate of drug-likeness (QED) is 0.0423. The molecule has 19 nitrogen and oxygen atoms in total. The molecule has 4 N–H and O–H groups in total. The van der Waals surface area contributed by atoms with Gasteiger partial charge in [0.25, 0.3) is 0 Å². The van der Waals surface area contributed by atoms with Gasteiger partial charge in [0.05, 0.1) is 114 Å². The SMILES string of the molecule is CCCCCCCCCCCCCCCC(=O)NC(CS(=O)CC(CO)CC1CC(O)C2(C)OC3CC4OC5CC6(C)OC7(C)CCC8OC9CC%10(C)OC%11C(C)=CC(=O)OC%11CC%10OC9CC(C)C8OC7CC6OC5(C)C/C=C\C4OC3CC2O1)C(=O)O. The van der Waals surface area contributed by atoms with Gasteiger partial charge in [-0.2, -0.15) is 0 Å². The van der Waals surface area contributed by atoms with Crippen molar-refractivity contribution in [3.8, 4) is 0 Å². The van der Waals surface area contributed by atoms with Gasteiger partial charge in [-0.3, -0.25) is 9.00 Å². The summed E-state index contributed by atoms with van der Waals surface area (Å²) in [6.07, 6.45) is 22.5. The molecule has 26 atom stereocenters. The first-order chi connectivity index (χ1) is 42.5. The number of carbonyl (C=O) groups is 3. The van der Waals surface area contributed by atoms with Crippen LogP contribution in [0.25, 0.3) is 0 Å². The minimum atomic E-state index is -1.67. The van der Waals surface area contributed by atoms with E-state index in [0.717, 1.165) is 44.1 Å². The van der Waals surface area contributed by atoms with Crippen LogP contribution in [0.3, 0.4) is 0 Å². The zero-order valence-corrected chi connectivity index (χ0v) is 55.5. The van der Waals surface area contributed by atoms with Crippen molar-refractivity contribution in [1.82, 2.24) is 5.32 Å². The van der Waals surface area contributed by atoms with Crippen LogP contribution >= 0.6 is 0 Å². The standard InChI is InChI=1S/C69H109NO18S/c1-9-10-11-12-13-14-15-16-17-18-19-20-21-24-60(73)70-45(64(75)76)40-89(77)39-43(38-71)30-44-31-54(72)69(8)58(78-44)33-50-51(85-69)32-49-46(79-50)23-22-26-65(4)59(82-49)37-68(7)57(86-65)35-56-66(5,88-68)27-25-47-62(84-56)41(2)28-48-53(80-47)36-67(6)55(81-48)34-52-63(87-67)42(3)29-61(74)83-52/h22-23,29,41,43-59,62-63,71-72H,9-21,24-28,30-40H2,1-8H3,(H,70,73)(H,75,76)/b23-22-. The predicted octanol–water partition coefficient (Wildman–Crippen LogP) is 9.12. The minimum Gasteiger partial charge on any atom is -0.480 e. The monoisotopic (exact) mass is 1270 g/mol. The van der Waals surface area contributed by atoms with E-state index in [1.807, 2.05) is 13.8 Å². The molecule has 89 heavy (non-hydrogen) atoms. The van der Waals surface area contributed by atoms with Crippen molar-refractivity contribution in [2.45, 2.75) is 360 Å². The van der Waals surface area contributed by atoms with Crippen molar-refractivity contribution in [2.75, 3.05) is 18.1 Å². The third-order valence-corrected chi connectivity index (χ3v) is 24.4. The molecule has 11 aliphatic heterocycles. The van der Waals surface area contributed by atoms with Gasteiger partial charge in [-0.25, -0.2) is 9.59 Å². The molecular formula is C69H109NO18S. The Kier molecular flexibility index (Phi) is 21.7. The molecule has 504 valence electrons. The Morgan fingerprint density at radius 1 is 0.674 bits per heavy atom. The zero-order chi connectivity index (χ0) is 63.0. The van der Waals surface area contributed by atoms with E-state index in [2.05, 4.69) is 59.0 Å². The summed E-state index contributed by atoms with van der Waals surface area (Å²) in [5.41, 5.74) is -2.77. The summed E-state index contributed by atoms with van der Waals surface area (Å²) in [5.74, 6) is -2.54. The van der Waals surface area contributed by atoms with Crippen molar-refractivity contribution in [3.63, 3.8) is 0 Å². The second-order valence-corrected chi connectivity index (χ2v) is 31.8. The van der Waals surface area contributed by atoms with Gasteiger partial charge in [-0.1, -0.05) is 103 Å². The number of unbranched alkanes of at least 4 members (excludes halogenated alkanes) is 12. The van der Waals surface area contributed by atoms with E-state index < -0.39 is 81.1 Å². The molecular weight excluding hydrogens is 1160 g/mol. The maximum Gasteiger partial charge on any atom is 0.331 e. The van der Waals surface area contributed by atoms with Gasteiger partial charge in [0.1, 0.15) is 30.0 Å². The average Bonchev–Trinajstić information content (AvgIpc) is 1.67. The van der Waals surface area contributed by atoms with E-state index in [1.165, 1.54) is 63.9 Å². The van der Waals surface area contributed by atoms with E-state index in [-0.39, 0.29) is 128 Å². The fraction of sp³-hybridized carbons (Fsp3) is 0.899. The van der Waals surface area contributed by atoms with Crippen LogP contribution in [-0.2, 0) is 77.3 Å². The number of ether oxygens (including phenoxy) is 11. The lowest BCUT2D eigenvalue weighted by molar-refractivity contribution is -0.356. The highest BCUT2D eigenvalue weighted by molar-refractivity contribution is 7.85. The molecule has 26 unspecified atom stereocenters. The second-order valence-electron chi connectivity index (χ2n) is 30.2. The topological polar surface area (TPSA) is 243 Å². The number of aliphatic carboxylic acids is 1. The number of aliphatic hydroxyl groups excluding tert-OH is 2. The van der Waals surface area contributed by atoms with Crippen molar-refractivity contribution in [1.29, 1.82) is 0 Å². The average molecular weight is 1270 g/mol. The Labute approximate surface area is 531 Å². The highest BCUT2D eigenvalue weighted by Gasteiger charge is 2.64. The maximum absolute atomic E-state index is 13.5. The third kappa shape index (κ3) is 15.2. The smallest absolute Gasteiger partial charge is 0.331 e. The fourth-order valence-electron chi connectivity index (χ4n) is 17.5. The van der Waals surface area contributed by atoms with E-state index in [9.17, 15) is 33.9 Å². The number of carbonyl (C=O) groups excluding carboxylic acids is 2. The first-order valence-corrected chi connectivity index (χ1v) is 36.4. The minimum absolute atomic E-state index is 0.0192. The largest absolute Gasteiger partial charge is 0.480 e.